The highest BCUT2D eigenvalue weighted by Crippen LogP contribution is 2.31. The number of carbonyl (C=O) groups excluding carboxylic acids is 2. The van der Waals surface area contributed by atoms with Crippen molar-refractivity contribution in [3.8, 4) is 0 Å². The van der Waals surface area contributed by atoms with Crippen molar-refractivity contribution in [2.75, 3.05) is 23.3 Å². The first kappa shape index (κ1) is 22.1. The molecule has 2 fully saturated rings. The Morgan fingerprint density at radius 2 is 1.81 bits per heavy atom. The zero-order valence-electron chi connectivity index (χ0n) is 17.5. The van der Waals surface area contributed by atoms with Crippen LogP contribution in [-0.4, -0.2) is 47.0 Å². The number of hydrogen-bond acceptors (Lipinski definition) is 5. The van der Waals surface area contributed by atoms with E-state index in [0.717, 1.165) is 25.7 Å². The summed E-state index contributed by atoms with van der Waals surface area (Å²) in [5.41, 5.74) is 1.22. The molecule has 8 nitrogen and oxygen atoms in total. The number of aliphatic carboxylic acids is 1. The van der Waals surface area contributed by atoms with Crippen LogP contribution in [0.5, 0.6) is 0 Å². The van der Waals surface area contributed by atoms with Gasteiger partial charge >= 0.3 is 5.97 Å². The van der Waals surface area contributed by atoms with Crippen LogP contribution in [0.3, 0.4) is 0 Å². The first-order valence-electron chi connectivity index (χ1n) is 10.7. The fourth-order valence-electron chi connectivity index (χ4n) is 3.84. The van der Waals surface area contributed by atoms with E-state index >= 15 is 0 Å². The highest BCUT2D eigenvalue weighted by Gasteiger charge is 2.27. The van der Waals surface area contributed by atoms with Crippen LogP contribution in [0.25, 0.3) is 0 Å². The highest BCUT2D eigenvalue weighted by molar-refractivity contribution is 6.31. The fraction of sp³-hybridized carbons (Fsp3) is 0.391. The van der Waals surface area contributed by atoms with Crippen molar-refractivity contribution in [1.29, 1.82) is 0 Å². The molecule has 1 saturated carbocycles. The number of aromatic nitrogens is 1. The number of carbonyl (C=O) groups is 3. The smallest absolute Gasteiger partial charge is 0.303 e. The van der Waals surface area contributed by atoms with E-state index in [2.05, 4.69) is 15.6 Å². The van der Waals surface area contributed by atoms with Crippen LogP contribution in [0, 0.1) is 5.92 Å². The van der Waals surface area contributed by atoms with Gasteiger partial charge in [-0.1, -0.05) is 17.7 Å². The summed E-state index contributed by atoms with van der Waals surface area (Å²) in [5.74, 6) is -0.669. The van der Waals surface area contributed by atoms with Gasteiger partial charge in [0, 0.05) is 42.3 Å². The number of amides is 2. The van der Waals surface area contributed by atoms with Crippen LogP contribution in [-0.2, 0) is 4.79 Å². The number of anilines is 2. The van der Waals surface area contributed by atoms with Crippen LogP contribution < -0.4 is 15.5 Å². The molecule has 1 aromatic heterocycles. The number of nitrogens with zero attached hydrogens (tertiary/aromatic N) is 2. The summed E-state index contributed by atoms with van der Waals surface area (Å²) < 4.78 is 0. The summed E-state index contributed by atoms with van der Waals surface area (Å²) in [4.78, 5) is 42.9. The predicted octanol–water partition coefficient (Wildman–Crippen LogP) is 3.57. The number of carboxylic acids is 1. The first-order valence-corrected chi connectivity index (χ1v) is 11.1. The van der Waals surface area contributed by atoms with E-state index in [0.29, 0.717) is 40.7 Å². The van der Waals surface area contributed by atoms with Crippen molar-refractivity contribution in [2.45, 2.75) is 38.1 Å². The van der Waals surface area contributed by atoms with Gasteiger partial charge in [0.1, 0.15) is 0 Å². The molecule has 9 heteroatoms. The summed E-state index contributed by atoms with van der Waals surface area (Å²) in [5, 5.41) is 15.3. The maximum atomic E-state index is 12.9. The number of nitrogens with one attached hydrogen (secondary N) is 2. The second-order valence-corrected chi connectivity index (χ2v) is 8.77. The minimum Gasteiger partial charge on any atom is -0.481 e. The average molecular weight is 457 g/mol. The number of carboxylic acid groups (broad SMARTS) is 1. The molecule has 3 N–H and O–H groups in total. The molecule has 1 saturated heterocycles. The lowest BCUT2D eigenvalue weighted by Crippen LogP contribution is -2.36. The third kappa shape index (κ3) is 5.56. The Bertz CT molecular complexity index is 1030. The van der Waals surface area contributed by atoms with Gasteiger partial charge in [0.25, 0.3) is 11.8 Å². The minimum atomic E-state index is -0.790. The van der Waals surface area contributed by atoms with Gasteiger partial charge in [-0.25, -0.2) is 4.98 Å². The summed E-state index contributed by atoms with van der Waals surface area (Å²) in [6, 6.07) is 8.48. The third-order valence-corrected chi connectivity index (χ3v) is 5.99. The van der Waals surface area contributed by atoms with Gasteiger partial charge in [-0.3, -0.25) is 14.4 Å². The molecule has 0 unspecified atom stereocenters. The maximum Gasteiger partial charge on any atom is 0.303 e. The molecular weight excluding hydrogens is 432 g/mol. The Hall–Kier alpha value is -3.13. The molecule has 0 spiro atoms. The standard InChI is InChI=1S/C23H25ClN4O4/c24-17-3-1-2-15(11-17)22(31)27-19-12-16(23(32)26-18-4-5-18)13-25-21(19)28-8-6-14(7-9-28)10-20(29)30/h1-3,11-14,18H,4-10H2,(H,26,32)(H,27,31)(H,29,30). The van der Waals surface area contributed by atoms with Gasteiger partial charge in [0.05, 0.1) is 11.3 Å². The lowest BCUT2D eigenvalue weighted by molar-refractivity contribution is -0.138. The molecule has 0 atom stereocenters. The van der Waals surface area contributed by atoms with Crippen molar-refractivity contribution in [2.24, 2.45) is 5.92 Å². The Morgan fingerprint density at radius 3 is 2.47 bits per heavy atom. The summed E-state index contributed by atoms with van der Waals surface area (Å²) in [6.45, 7) is 1.25. The molecule has 1 aliphatic carbocycles. The monoisotopic (exact) mass is 456 g/mol. The Morgan fingerprint density at radius 1 is 1.06 bits per heavy atom. The Kier molecular flexibility index (Phi) is 6.60. The number of pyridine rings is 1. The van der Waals surface area contributed by atoms with Crippen molar-refractivity contribution < 1.29 is 19.5 Å². The van der Waals surface area contributed by atoms with Crippen LogP contribution in [0.2, 0.25) is 5.02 Å². The summed E-state index contributed by atoms with van der Waals surface area (Å²) in [6.07, 6.45) is 5.06. The molecule has 2 aromatic rings. The van der Waals surface area contributed by atoms with Crippen LogP contribution >= 0.6 is 11.6 Å². The van der Waals surface area contributed by atoms with Gasteiger partial charge in [-0.2, -0.15) is 0 Å². The quantitative estimate of drug-likeness (QED) is 0.587. The number of benzene rings is 1. The normalized spacial score (nSPS) is 16.5. The van der Waals surface area contributed by atoms with E-state index in [1.165, 1.54) is 6.20 Å². The van der Waals surface area contributed by atoms with Crippen LogP contribution in [0.1, 0.15) is 52.8 Å². The molecule has 2 aliphatic rings. The zero-order chi connectivity index (χ0) is 22.7. The molecule has 1 aliphatic heterocycles. The number of halogens is 1. The first-order chi connectivity index (χ1) is 15.4. The molecule has 0 bridgehead atoms. The number of hydrogen-bond donors (Lipinski definition) is 3. The second kappa shape index (κ2) is 9.56. The summed E-state index contributed by atoms with van der Waals surface area (Å²) in [7, 11) is 0. The Balaban J connectivity index is 1.56. The molecule has 168 valence electrons. The molecule has 2 amide bonds. The van der Waals surface area contributed by atoms with Crippen molar-refractivity contribution in [3.05, 3.63) is 52.7 Å². The van der Waals surface area contributed by atoms with Gasteiger partial charge < -0.3 is 20.6 Å². The average Bonchev–Trinajstić information content (AvgIpc) is 3.58. The van der Waals surface area contributed by atoms with Crippen molar-refractivity contribution in [1.82, 2.24) is 10.3 Å². The van der Waals surface area contributed by atoms with Gasteiger partial charge in [-0.15, -0.1) is 0 Å². The van der Waals surface area contributed by atoms with E-state index in [-0.39, 0.29) is 30.2 Å². The van der Waals surface area contributed by atoms with E-state index in [9.17, 15) is 14.4 Å². The van der Waals surface area contributed by atoms with Gasteiger partial charge in [0.15, 0.2) is 5.82 Å². The van der Waals surface area contributed by atoms with Crippen LogP contribution in [0.4, 0.5) is 11.5 Å². The largest absolute Gasteiger partial charge is 0.481 e. The molecule has 1 aromatic carbocycles. The molecule has 32 heavy (non-hydrogen) atoms. The van der Waals surface area contributed by atoms with Crippen LogP contribution in [0.15, 0.2) is 36.5 Å². The molecule has 4 rings (SSSR count). The van der Waals surface area contributed by atoms with E-state index in [4.69, 9.17) is 16.7 Å². The van der Waals surface area contributed by atoms with E-state index < -0.39 is 5.97 Å². The number of rotatable bonds is 7. The SMILES string of the molecule is O=C(O)CC1CCN(c2ncc(C(=O)NC3CC3)cc2NC(=O)c2cccc(Cl)c2)CC1. The van der Waals surface area contributed by atoms with Crippen molar-refractivity contribution >= 4 is 40.9 Å². The van der Waals surface area contributed by atoms with Gasteiger partial charge in [-0.05, 0) is 55.9 Å². The van der Waals surface area contributed by atoms with Gasteiger partial charge in [0.2, 0.25) is 0 Å². The lowest BCUT2D eigenvalue weighted by atomic mass is 9.93. The van der Waals surface area contributed by atoms with E-state index in [1.54, 1.807) is 30.3 Å². The Labute approximate surface area is 191 Å². The minimum absolute atomic E-state index is 0.122. The molecular formula is C23H25ClN4O4. The predicted molar refractivity (Wildman–Crippen MR) is 121 cm³/mol. The molecule has 0 radical (unpaired) electrons. The maximum absolute atomic E-state index is 12.9. The summed E-state index contributed by atoms with van der Waals surface area (Å²) >= 11 is 6.02. The third-order valence-electron chi connectivity index (χ3n) is 5.75. The van der Waals surface area contributed by atoms with Crippen molar-refractivity contribution in [3.63, 3.8) is 0 Å². The molecule has 2 heterocycles. The van der Waals surface area contributed by atoms with E-state index in [1.807, 2.05) is 4.90 Å². The lowest BCUT2D eigenvalue weighted by Gasteiger charge is -2.33. The number of piperidine rings is 1. The topological polar surface area (TPSA) is 112 Å². The highest BCUT2D eigenvalue weighted by atomic mass is 35.5. The zero-order valence-corrected chi connectivity index (χ0v) is 18.3. The second-order valence-electron chi connectivity index (χ2n) is 8.34. The fourth-order valence-corrected chi connectivity index (χ4v) is 4.03.